The molecule has 0 bridgehead atoms. The number of amides is 1. The van der Waals surface area contributed by atoms with Crippen LogP contribution in [0.25, 0.3) is 10.9 Å². The van der Waals surface area contributed by atoms with E-state index in [2.05, 4.69) is 15.3 Å². The maximum Gasteiger partial charge on any atom is 0.225 e. The van der Waals surface area contributed by atoms with Gasteiger partial charge < -0.3 is 26.3 Å². The second-order valence-electron chi connectivity index (χ2n) is 6.63. The van der Waals surface area contributed by atoms with Crippen molar-refractivity contribution in [1.29, 1.82) is 0 Å². The van der Waals surface area contributed by atoms with Gasteiger partial charge in [0.25, 0.3) is 0 Å². The van der Waals surface area contributed by atoms with Crippen LogP contribution in [-0.4, -0.2) is 36.6 Å². The third kappa shape index (κ3) is 3.58. The van der Waals surface area contributed by atoms with E-state index in [1.807, 2.05) is 0 Å². The number of ether oxygens (including phenoxy) is 2. The molecule has 0 spiro atoms. The quantitative estimate of drug-likeness (QED) is 0.719. The van der Waals surface area contributed by atoms with Gasteiger partial charge in [0.15, 0.2) is 0 Å². The minimum Gasteiger partial charge on any atom is -0.496 e. The second-order valence-corrected chi connectivity index (χ2v) is 6.63. The summed E-state index contributed by atoms with van der Waals surface area (Å²) in [5.41, 5.74) is 12.1. The van der Waals surface area contributed by atoms with Crippen molar-refractivity contribution in [3.05, 3.63) is 12.1 Å². The largest absolute Gasteiger partial charge is 0.496 e. The van der Waals surface area contributed by atoms with E-state index in [0.717, 1.165) is 32.2 Å². The first-order valence-electron chi connectivity index (χ1n) is 8.74. The molecule has 0 saturated heterocycles. The number of nitrogens with two attached hydrogens (primary N) is 2. The lowest BCUT2D eigenvalue weighted by Gasteiger charge is -2.26. The van der Waals surface area contributed by atoms with E-state index in [1.54, 1.807) is 26.4 Å². The number of carbonyl (C=O) groups is 1. The number of nitrogens with one attached hydrogen (secondary N) is 1. The highest BCUT2D eigenvalue weighted by Crippen LogP contribution is 2.35. The molecule has 1 heterocycles. The molecule has 0 atom stereocenters. The summed E-state index contributed by atoms with van der Waals surface area (Å²) in [5.74, 6) is 2.29. The molecule has 1 aromatic carbocycles. The Morgan fingerprint density at radius 3 is 2.42 bits per heavy atom. The van der Waals surface area contributed by atoms with E-state index in [1.165, 1.54) is 0 Å². The van der Waals surface area contributed by atoms with Crippen molar-refractivity contribution in [3.8, 4) is 11.5 Å². The highest BCUT2D eigenvalue weighted by atomic mass is 16.5. The number of aromatic nitrogens is 2. The normalized spacial score (nSPS) is 19.9. The highest BCUT2D eigenvalue weighted by molar-refractivity contribution is 5.98. The maximum atomic E-state index is 11.3. The smallest absolute Gasteiger partial charge is 0.225 e. The number of benzene rings is 1. The third-order valence-electron chi connectivity index (χ3n) is 5.04. The number of nitrogen functional groups attached to an aromatic ring is 1. The van der Waals surface area contributed by atoms with Crippen LogP contribution in [0.3, 0.4) is 0 Å². The Bertz CT molecular complexity index is 803. The Kier molecular flexibility index (Phi) is 5.29. The molecule has 26 heavy (non-hydrogen) atoms. The summed E-state index contributed by atoms with van der Waals surface area (Å²) < 4.78 is 10.8. The average Bonchev–Trinajstić information content (AvgIpc) is 2.65. The minimum absolute atomic E-state index is 0.00976. The topological polar surface area (TPSA) is 125 Å². The Morgan fingerprint density at radius 2 is 1.81 bits per heavy atom. The molecule has 2 aromatic rings. The lowest BCUT2D eigenvalue weighted by Crippen LogP contribution is -2.29. The monoisotopic (exact) mass is 359 g/mol. The van der Waals surface area contributed by atoms with Crippen molar-refractivity contribution in [2.75, 3.05) is 31.8 Å². The van der Waals surface area contributed by atoms with Gasteiger partial charge >= 0.3 is 0 Å². The van der Waals surface area contributed by atoms with Crippen molar-refractivity contribution in [3.63, 3.8) is 0 Å². The van der Waals surface area contributed by atoms with Crippen LogP contribution < -0.4 is 26.3 Å². The van der Waals surface area contributed by atoms with Crippen molar-refractivity contribution >= 4 is 28.6 Å². The summed E-state index contributed by atoms with van der Waals surface area (Å²) in [7, 11) is 3.17. The molecule has 1 aliphatic rings. The van der Waals surface area contributed by atoms with E-state index in [9.17, 15) is 4.79 Å². The van der Waals surface area contributed by atoms with Crippen LogP contribution in [0.1, 0.15) is 25.7 Å². The van der Waals surface area contributed by atoms with Crippen molar-refractivity contribution in [2.45, 2.75) is 25.7 Å². The van der Waals surface area contributed by atoms with Crippen LogP contribution >= 0.6 is 0 Å². The zero-order valence-corrected chi connectivity index (χ0v) is 15.1. The lowest BCUT2D eigenvalue weighted by molar-refractivity contribution is -0.122. The minimum atomic E-state index is -0.192. The Labute approximate surface area is 152 Å². The van der Waals surface area contributed by atoms with Gasteiger partial charge in [0, 0.05) is 12.5 Å². The van der Waals surface area contributed by atoms with Crippen LogP contribution in [0, 0.1) is 11.8 Å². The molecule has 0 aliphatic heterocycles. The SMILES string of the molecule is COc1ccc(OC)c2c(N)nc(NCC3CCC(C(N)=O)CC3)nc12. The zero-order valence-electron chi connectivity index (χ0n) is 15.1. The predicted molar refractivity (Wildman–Crippen MR) is 100 cm³/mol. The molecule has 1 saturated carbocycles. The number of fused-ring (bicyclic) bond motifs is 1. The number of hydrogen-bond donors (Lipinski definition) is 3. The van der Waals surface area contributed by atoms with E-state index >= 15 is 0 Å². The van der Waals surface area contributed by atoms with Crippen LogP contribution in [-0.2, 0) is 4.79 Å². The third-order valence-corrected chi connectivity index (χ3v) is 5.04. The molecule has 1 aliphatic carbocycles. The molecule has 140 valence electrons. The fourth-order valence-corrected chi connectivity index (χ4v) is 3.51. The maximum absolute atomic E-state index is 11.3. The lowest BCUT2D eigenvalue weighted by atomic mass is 9.82. The van der Waals surface area contributed by atoms with Gasteiger partial charge in [-0.1, -0.05) is 0 Å². The molecule has 8 heteroatoms. The number of primary amides is 1. The van der Waals surface area contributed by atoms with Gasteiger partial charge in [-0.25, -0.2) is 4.98 Å². The first kappa shape index (κ1) is 18.0. The molecular formula is C18H25N5O3. The van der Waals surface area contributed by atoms with Crippen molar-refractivity contribution < 1.29 is 14.3 Å². The summed E-state index contributed by atoms with van der Waals surface area (Å²) >= 11 is 0. The first-order valence-corrected chi connectivity index (χ1v) is 8.74. The molecule has 1 aromatic heterocycles. The van der Waals surface area contributed by atoms with Crippen LogP contribution in [0.2, 0.25) is 0 Å². The Hall–Kier alpha value is -2.77. The summed E-state index contributed by atoms with van der Waals surface area (Å²) in [6.07, 6.45) is 3.60. The van der Waals surface area contributed by atoms with E-state index in [0.29, 0.717) is 40.1 Å². The molecular weight excluding hydrogens is 334 g/mol. The van der Waals surface area contributed by atoms with Gasteiger partial charge in [0.2, 0.25) is 11.9 Å². The Morgan fingerprint density at radius 1 is 1.15 bits per heavy atom. The molecule has 0 unspecified atom stereocenters. The molecule has 1 fully saturated rings. The number of anilines is 2. The van der Waals surface area contributed by atoms with Crippen molar-refractivity contribution in [2.24, 2.45) is 17.6 Å². The number of carbonyl (C=O) groups excluding carboxylic acids is 1. The van der Waals surface area contributed by atoms with Crippen LogP contribution in [0.15, 0.2) is 12.1 Å². The molecule has 3 rings (SSSR count). The number of rotatable bonds is 6. The standard InChI is InChI=1S/C18H25N5O3/c1-25-12-7-8-13(26-2)15-14(12)16(19)23-18(22-15)21-9-10-3-5-11(6-4-10)17(20)24/h7-8,10-11H,3-6,9H2,1-2H3,(H2,20,24)(H3,19,21,22,23). The first-order chi connectivity index (χ1) is 12.5. The highest BCUT2D eigenvalue weighted by Gasteiger charge is 2.24. The fraction of sp³-hybridized carbons (Fsp3) is 0.500. The van der Waals surface area contributed by atoms with Gasteiger partial charge in [0.05, 0.1) is 19.6 Å². The van der Waals surface area contributed by atoms with Gasteiger partial charge in [-0.15, -0.1) is 0 Å². The molecule has 1 amide bonds. The van der Waals surface area contributed by atoms with Crippen LogP contribution in [0.4, 0.5) is 11.8 Å². The van der Waals surface area contributed by atoms with Crippen LogP contribution in [0.5, 0.6) is 11.5 Å². The molecule has 5 N–H and O–H groups in total. The zero-order chi connectivity index (χ0) is 18.7. The molecule has 0 radical (unpaired) electrons. The van der Waals surface area contributed by atoms with E-state index in [4.69, 9.17) is 20.9 Å². The predicted octanol–water partition coefficient (Wildman–Crippen LogP) is 1.93. The van der Waals surface area contributed by atoms with Gasteiger partial charge in [-0.2, -0.15) is 4.98 Å². The summed E-state index contributed by atoms with van der Waals surface area (Å²) in [6, 6.07) is 3.58. The Balaban J connectivity index is 1.76. The van der Waals surface area contributed by atoms with Gasteiger partial charge in [0.1, 0.15) is 22.8 Å². The van der Waals surface area contributed by atoms with E-state index in [-0.39, 0.29) is 11.8 Å². The molecule has 8 nitrogen and oxygen atoms in total. The fourth-order valence-electron chi connectivity index (χ4n) is 3.51. The number of nitrogens with zero attached hydrogens (tertiary/aromatic N) is 2. The van der Waals surface area contributed by atoms with Gasteiger partial charge in [-0.3, -0.25) is 4.79 Å². The van der Waals surface area contributed by atoms with Gasteiger partial charge in [-0.05, 0) is 43.7 Å². The average molecular weight is 359 g/mol. The number of hydrogen-bond acceptors (Lipinski definition) is 7. The summed E-state index contributed by atoms with van der Waals surface area (Å²) in [4.78, 5) is 20.2. The van der Waals surface area contributed by atoms with Crippen molar-refractivity contribution in [1.82, 2.24) is 9.97 Å². The number of methoxy groups -OCH3 is 2. The summed E-state index contributed by atoms with van der Waals surface area (Å²) in [5, 5.41) is 3.90. The van der Waals surface area contributed by atoms with E-state index < -0.39 is 0 Å². The second kappa shape index (κ2) is 7.63. The summed E-state index contributed by atoms with van der Waals surface area (Å²) in [6.45, 7) is 0.725.